The summed E-state index contributed by atoms with van der Waals surface area (Å²) >= 11 is 0. The van der Waals surface area contributed by atoms with E-state index in [-0.39, 0.29) is 5.78 Å². The van der Waals surface area contributed by atoms with Gasteiger partial charge in [0, 0.05) is 6.42 Å². The van der Waals surface area contributed by atoms with Gasteiger partial charge in [-0.15, -0.1) is 0 Å². The zero-order chi connectivity index (χ0) is 12.1. The van der Waals surface area contributed by atoms with Crippen molar-refractivity contribution in [3.05, 3.63) is 18.2 Å². The lowest BCUT2D eigenvalue weighted by Gasteiger charge is -2.18. The molecule has 0 saturated heterocycles. The highest BCUT2D eigenvalue weighted by atomic mass is 16.1. The maximum Gasteiger partial charge on any atom is 0.166 e. The maximum absolute atomic E-state index is 11.9. The van der Waals surface area contributed by atoms with Crippen LogP contribution in [-0.2, 0) is 4.79 Å². The molecule has 1 fully saturated rings. The lowest BCUT2D eigenvalue weighted by molar-refractivity contribution is -0.113. The van der Waals surface area contributed by atoms with Crippen molar-refractivity contribution < 1.29 is 4.79 Å². The Labute approximate surface area is 102 Å². The van der Waals surface area contributed by atoms with Gasteiger partial charge in [-0.3, -0.25) is 9.89 Å². The van der Waals surface area contributed by atoms with Crippen LogP contribution in [0, 0.1) is 5.92 Å². The van der Waals surface area contributed by atoms with E-state index in [0.717, 1.165) is 5.57 Å². The number of allylic oxidation sites excluding steroid dienone is 2. The van der Waals surface area contributed by atoms with Gasteiger partial charge in [0.25, 0.3) is 0 Å². The monoisotopic (exact) mass is 233 g/mol. The van der Waals surface area contributed by atoms with Gasteiger partial charge in [0.15, 0.2) is 11.6 Å². The van der Waals surface area contributed by atoms with Crippen molar-refractivity contribution in [1.29, 1.82) is 0 Å². The van der Waals surface area contributed by atoms with E-state index < -0.39 is 0 Å². The number of hydrogen-bond acceptors (Lipinski definition) is 3. The first-order valence-electron chi connectivity index (χ1n) is 6.42. The van der Waals surface area contributed by atoms with Gasteiger partial charge in [-0.2, -0.15) is 5.10 Å². The Hall–Kier alpha value is -1.45. The van der Waals surface area contributed by atoms with E-state index in [1.54, 1.807) is 0 Å². The Bertz CT molecular complexity index is 389. The molecule has 0 spiro atoms. The summed E-state index contributed by atoms with van der Waals surface area (Å²) in [6, 6.07) is 0. The Kier molecular flexibility index (Phi) is 4.07. The molecule has 1 N–H and O–H groups in total. The fourth-order valence-corrected chi connectivity index (χ4v) is 2.37. The molecule has 0 unspecified atom stereocenters. The first-order valence-corrected chi connectivity index (χ1v) is 6.42. The highest BCUT2D eigenvalue weighted by Crippen LogP contribution is 2.27. The van der Waals surface area contributed by atoms with Gasteiger partial charge in [-0.1, -0.05) is 32.3 Å². The number of aromatic nitrogens is 3. The molecule has 1 aliphatic rings. The van der Waals surface area contributed by atoms with Crippen LogP contribution in [0.3, 0.4) is 0 Å². The largest absolute Gasteiger partial charge is 0.294 e. The molecule has 1 heterocycles. The van der Waals surface area contributed by atoms with Gasteiger partial charge in [0.2, 0.25) is 0 Å². The summed E-state index contributed by atoms with van der Waals surface area (Å²) in [6.45, 7) is 1.88. The molecule has 0 radical (unpaired) electrons. The van der Waals surface area contributed by atoms with Gasteiger partial charge < -0.3 is 0 Å². The van der Waals surface area contributed by atoms with Crippen molar-refractivity contribution in [3.63, 3.8) is 0 Å². The smallest absolute Gasteiger partial charge is 0.166 e. The van der Waals surface area contributed by atoms with Gasteiger partial charge in [0.1, 0.15) is 6.33 Å². The van der Waals surface area contributed by atoms with Crippen LogP contribution in [0.1, 0.15) is 51.3 Å². The molecule has 1 aromatic heterocycles. The van der Waals surface area contributed by atoms with Gasteiger partial charge in [-0.25, -0.2) is 4.98 Å². The fourth-order valence-electron chi connectivity index (χ4n) is 2.37. The number of aromatic amines is 1. The third-order valence-electron chi connectivity index (χ3n) is 3.34. The zero-order valence-corrected chi connectivity index (χ0v) is 10.3. The van der Waals surface area contributed by atoms with Crippen molar-refractivity contribution in [2.24, 2.45) is 5.92 Å². The number of rotatable bonds is 4. The minimum Gasteiger partial charge on any atom is -0.294 e. The number of H-pyrrole nitrogens is 1. The highest BCUT2D eigenvalue weighted by Gasteiger charge is 2.17. The lowest BCUT2D eigenvalue weighted by Crippen LogP contribution is -2.08. The molecule has 4 heteroatoms. The maximum atomic E-state index is 11.9. The third kappa shape index (κ3) is 3.02. The molecule has 1 saturated carbocycles. The van der Waals surface area contributed by atoms with E-state index in [2.05, 4.69) is 21.3 Å². The fraction of sp³-hybridized carbons (Fsp3) is 0.615. The van der Waals surface area contributed by atoms with E-state index >= 15 is 0 Å². The van der Waals surface area contributed by atoms with Crippen molar-refractivity contribution in [3.8, 4) is 0 Å². The minimum atomic E-state index is 0.146. The predicted molar refractivity (Wildman–Crippen MR) is 66.2 cm³/mol. The van der Waals surface area contributed by atoms with Crippen molar-refractivity contribution in [1.82, 2.24) is 15.2 Å². The van der Waals surface area contributed by atoms with Gasteiger partial charge in [-0.05, 0) is 18.8 Å². The van der Waals surface area contributed by atoms with E-state index in [1.807, 2.05) is 6.92 Å². The van der Waals surface area contributed by atoms with E-state index in [9.17, 15) is 4.79 Å². The van der Waals surface area contributed by atoms with Gasteiger partial charge >= 0.3 is 0 Å². The predicted octanol–water partition coefficient (Wildman–Crippen LogP) is 2.75. The number of ketones is 1. The molecule has 1 aromatic rings. The Morgan fingerprint density at radius 2 is 2.24 bits per heavy atom. The SMILES string of the molecule is CCC(=O)C(=CC1CCCCC1)c1ncn[nH]1. The molecule has 17 heavy (non-hydrogen) atoms. The molecule has 0 aliphatic heterocycles. The molecule has 4 nitrogen and oxygen atoms in total. The molecular weight excluding hydrogens is 214 g/mol. The number of nitrogens with zero attached hydrogens (tertiary/aromatic N) is 2. The zero-order valence-electron chi connectivity index (χ0n) is 10.3. The number of nitrogens with one attached hydrogen (secondary N) is 1. The molecule has 92 valence electrons. The molecule has 0 atom stereocenters. The van der Waals surface area contributed by atoms with Gasteiger partial charge in [0.05, 0.1) is 5.57 Å². The highest BCUT2D eigenvalue weighted by molar-refractivity contribution is 6.19. The van der Waals surface area contributed by atoms with Crippen LogP contribution in [0.25, 0.3) is 5.57 Å². The summed E-state index contributed by atoms with van der Waals surface area (Å²) in [5.41, 5.74) is 0.719. The first kappa shape index (κ1) is 12.0. The summed E-state index contributed by atoms with van der Waals surface area (Å²) in [7, 11) is 0. The second kappa shape index (κ2) is 5.75. The molecule has 2 rings (SSSR count). The molecule has 1 aliphatic carbocycles. The minimum absolute atomic E-state index is 0.146. The Morgan fingerprint density at radius 3 is 2.82 bits per heavy atom. The average Bonchev–Trinajstić information content (AvgIpc) is 2.90. The lowest BCUT2D eigenvalue weighted by atomic mass is 9.87. The third-order valence-corrected chi connectivity index (χ3v) is 3.34. The Morgan fingerprint density at radius 1 is 1.47 bits per heavy atom. The van der Waals surface area contributed by atoms with Crippen LogP contribution < -0.4 is 0 Å². The second-order valence-corrected chi connectivity index (χ2v) is 4.59. The average molecular weight is 233 g/mol. The van der Waals surface area contributed by atoms with Crippen molar-refractivity contribution in [2.75, 3.05) is 0 Å². The van der Waals surface area contributed by atoms with Crippen molar-refractivity contribution in [2.45, 2.75) is 45.4 Å². The van der Waals surface area contributed by atoms with Crippen LogP contribution in [0.15, 0.2) is 12.4 Å². The topological polar surface area (TPSA) is 58.6 Å². The van der Waals surface area contributed by atoms with Crippen LogP contribution in [0.5, 0.6) is 0 Å². The number of Topliss-reactive ketones (excluding diaryl/α,β-unsaturated/α-hetero) is 1. The molecular formula is C13H19N3O. The quantitative estimate of drug-likeness (QED) is 0.813. The molecule has 0 amide bonds. The van der Waals surface area contributed by atoms with Crippen LogP contribution in [0.2, 0.25) is 0 Å². The van der Waals surface area contributed by atoms with Crippen LogP contribution in [-0.4, -0.2) is 21.0 Å². The van der Waals surface area contributed by atoms with E-state index in [4.69, 9.17) is 0 Å². The van der Waals surface area contributed by atoms with E-state index in [0.29, 0.717) is 18.2 Å². The normalized spacial score (nSPS) is 18.3. The van der Waals surface area contributed by atoms with Crippen molar-refractivity contribution >= 4 is 11.4 Å². The first-order chi connectivity index (χ1) is 8.31. The van der Waals surface area contributed by atoms with Crippen LogP contribution >= 0.6 is 0 Å². The summed E-state index contributed by atoms with van der Waals surface area (Å²) in [6.07, 6.45) is 10.3. The Balaban J connectivity index is 2.20. The van der Waals surface area contributed by atoms with E-state index in [1.165, 1.54) is 38.4 Å². The summed E-state index contributed by atoms with van der Waals surface area (Å²) in [5, 5.41) is 6.62. The summed E-state index contributed by atoms with van der Waals surface area (Å²) in [4.78, 5) is 16.0. The number of carbonyl (C=O) groups excluding carboxylic acids is 1. The second-order valence-electron chi connectivity index (χ2n) is 4.59. The molecule has 0 bridgehead atoms. The number of carbonyl (C=O) groups is 1. The molecule has 0 aromatic carbocycles. The number of hydrogen-bond donors (Lipinski definition) is 1. The standard InChI is InChI=1S/C13H19N3O/c1-2-12(17)11(13-14-9-15-16-13)8-10-6-4-3-5-7-10/h8-10H,2-7H2,1H3,(H,14,15,16). The summed E-state index contributed by atoms with van der Waals surface area (Å²) < 4.78 is 0. The summed E-state index contributed by atoms with van der Waals surface area (Å²) in [5.74, 6) is 1.29. The van der Waals surface area contributed by atoms with Crippen LogP contribution in [0.4, 0.5) is 0 Å².